The number of fused-ring (bicyclic) bond motifs is 1. The highest BCUT2D eigenvalue weighted by molar-refractivity contribution is 6.36. The Morgan fingerprint density at radius 3 is 3.00 bits per heavy atom. The van der Waals surface area contributed by atoms with Crippen LogP contribution in [0.4, 0.5) is 0 Å². The van der Waals surface area contributed by atoms with Crippen LogP contribution in [0.2, 0.25) is 5.02 Å². The van der Waals surface area contributed by atoms with Crippen molar-refractivity contribution >= 4 is 22.5 Å². The molecule has 0 aliphatic rings. The molecule has 0 unspecified atom stereocenters. The lowest BCUT2D eigenvalue weighted by atomic mass is 10.1. The summed E-state index contributed by atoms with van der Waals surface area (Å²) in [7, 11) is 1.58. The molecule has 4 heteroatoms. The van der Waals surface area contributed by atoms with E-state index in [-0.39, 0.29) is 0 Å². The summed E-state index contributed by atoms with van der Waals surface area (Å²) < 4.78 is 5.11. The van der Waals surface area contributed by atoms with Crippen molar-refractivity contribution < 1.29 is 4.74 Å². The van der Waals surface area contributed by atoms with Crippen molar-refractivity contribution in [2.24, 2.45) is 0 Å². The third kappa shape index (κ3) is 1.53. The fourth-order valence-electron chi connectivity index (χ4n) is 1.59. The van der Waals surface area contributed by atoms with E-state index < -0.39 is 0 Å². The molecule has 1 N–H and O–H groups in total. The summed E-state index contributed by atoms with van der Waals surface area (Å²) in [5, 5.41) is 10.2. The van der Waals surface area contributed by atoms with Gasteiger partial charge < -0.3 is 9.72 Å². The maximum Gasteiger partial charge on any atom is 0.139 e. The summed E-state index contributed by atoms with van der Waals surface area (Å²) in [6.45, 7) is 0. The highest BCUT2D eigenvalue weighted by Gasteiger charge is 2.10. The van der Waals surface area contributed by atoms with Gasteiger partial charge in [-0.1, -0.05) is 11.6 Å². The van der Waals surface area contributed by atoms with E-state index in [9.17, 15) is 0 Å². The van der Waals surface area contributed by atoms with Gasteiger partial charge in [0.2, 0.25) is 0 Å². The fourth-order valence-corrected chi connectivity index (χ4v) is 1.89. The Bertz CT molecular complexity index is 539. The van der Waals surface area contributed by atoms with Crippen molar-refractivity contribution in [1.82, 2.24) is 4.98 Å². The van der Waals surface area contributed by atoms with Crippen LogP contribution in [0.5, 0.6) is 5.75 Å². The highest BCUT2D eigenvalue weighted by atomic mass is 35.5. The van der Waals surface area contributed by atoms with Crippen LogP contribution >= 0.6 is 11.6 Å². The molecule has 0 spiro atoms. The topological polar surface area (TPSA) is 48.8 Å². The third-order valence-corrected chi connectivity index (χ3v) is 2.71. The number of nitrogens with zero attached hydrogens (tertiary/aromatic N) is 1. The van der Waals surface area contributed by atoms with Gasteiger partial charge in [0.25, 0.3) is 0 Å². The fraction of sp³-hybridized carbons (Fsp3) is 0.182. The van der Waals surface area contributed by atoms with Crippen molar-refractivity contribution in [1.29, 1.82) is 5.26 Å². The summed E-state index contributed by atoms with van der Waals surface area (Å²) in [4.78, 5) is 3.05. The third-order valence-electron chi connectivity index (χ3n) is 2.33. The maximum atomic E-state index is 8.65. The smallest absolute Gasteiger partial charge is 0.139 e. The summed E-state index contributed by atoms with van der Waals surface area (Å²) in [6.07, 6.45) is 2.18. The molecule has 0 atom stereocenters. The lowest BCUT2D eigenvalue weighted by molar-refractivity contribution is 0.415. The maximum absolute atomic E-state index is 8.65. The van der Waals surface area contributed by atoms with Crippen LogP contribution in [0.25, 0.3) is 10.9 Å². The molecule has 0 fully saturated rings. The molecule has 0 aliphatic heterocycles. The van der Waals surface area contributed by atoms with E-state index in [1.165, 1.54) is 0 Å². The highest BCUT2D eigenvalue weighted by Crippen LogP contribution is 2.33. The molecular weight excluding hydrogens is 212 g/mol. The van der Waals surface area contributed by atoms with Crippen LogP contribution < -0.4 is 4.74 Å². The molecule has 0 amide bonds. The average Bonchev–Trinajstić information content (AvgIpc) is 2.64. The Hall–Kier alpha value is -1.66. The van der Waals surface area contributed by atoms with Crippen LogP contribution in [0.1, 0.15) is 5.56 Å². The van der Waals surface area contributed by atoms with E-state index >= 15 is 0 Å². The zero-order valence-corrected chi connectivity index (χ0v) is 8.93. The van der Waals surface area contributed by atoms with Gasteiger partial charge in [-0.25, -0.2) is 0 Å². The first-order valence-corrected chi connectivity index (χ1v) is 4.85. The summed E-state index contributed by atoms with van der Waals surface area (Å²) in [6, 6.07) is 5.83. The van der Waals surface area contributed by atoms with Gasteiger partial charge in [-0.15, -0.1) is 0 Å². The molecule has 76 valence electrons. The zero-order chi connectivity index (χ0) is 10.8. The van der Waals surface area contributed by atoms with E-state index in [1.54, 1.807) is 19.4 Å². The number of aromatic nitrogens is 1. The number of halogens is 1. The number of hydrogen-bond donors (Lipinski definition) is 1. The summed E-state index contributed by atoms with van der Waals surface area (Å²) >= 11 is 6.12. The zero-order valence-electron chi connectivity index (χ0n) is 8.17. The minimum atomic E-state index is 0.378. The standard InChI is InChI=1S/C11H9ClN2O/c1-15-9-3-2-8-7(4-5-13)6-14-11(8)10(9)12/h2-3,6,14H,4H2,1H3. The predicted molar refractivity (Wildman–Crippen MR) is 59.2 cm³/mol. The van der Waals surface area contributed by atoms with Gasteiger partial charge in [-0.3, -0.25) is 0 Å². The van der Waals surface area contributed by atoms with E-state index in [4.69, 9.17) is 21.6 Å². The van der Waals surface area contributed by atoms with Crippen molar-refractivity contribution in [3.05, 3.63) is 28.9 Å². The van der Waals surface area contributed by atoms with Gasteiger partial charge in [0.1, 0.15) is 10.8 Å². The number of nitriles is 1. The van der Waals surface area contributed by atoms with E-state index in [0.717, 1.165) is 16.5 Å². The van der Waals surface area contributed by atoms with E-state index in [2.05, 4.69) is 11.1 Å². The molecule has 0 bridgehead atoms. The molecule has 0 aliphatic carbocycles. The van der Waals surface area contributed by atoms with Crippen molar-refractivity contribution in [2.75, 3.05) is 7.11 Å². The molecule has 0 saturated carbocycles. The van der Waals surface area contributed by atoms with Crippen LogP contribution in [0, 0.1) is 11.3 Å². The molecule has 0 radical (unpaired) electrons. The molecule has 2 aromatic rings. The van der Waals surface area contributed by atoms with E-state index in [1.807, 2.05) is 6.07 Å². The second-order valence-electron chi connectivity index (χ2n) is 3.15. The monoisotopic (exact) mass is 220 g/mol. The molecule has 1 heterocycles. The second kappa shape index (κ2) is 3.84. The normalized spacial score (nSPS) is 10.2. The molecule has 15 heavy (non-hydrogen) atoms. The predicted octanol–water partition coefficient (Wildman–Crippen LogP) is 2.90. The Balaban J connectivity index is 2.66. The van der Waals surface area contributed by atoms with Gasteiger partial charge in [-0.2, -0.15) is 5.26 Å². The minimum absolute atomic E-state index is 0.378. The average molecular weight is 221 g/mol. The number of nitrogens with one attached hydrogen (secondary N) is 1. The lowest BCUT2D eigenvalue weighted by Crippen LogP contribution is -1.85. The van der Waals surface area contributed by atoms with Crippen molar-refractivity contribution in [3.63, 3.8) is 0 Å². The molecule has 3 nitrogen and oxygen atoms in total. The Kier molecular flexibility index (Phi) is 2.53. The lowest BCUT2D eigenvalue weighted by Gasteiger charge is -2.03. The van der Waals surface area contributed by atoms with Crippen LogP contribution in [-0.4, -0.2) is 12.1 Å². The first kappa shape index (κ1) is 9.88. The first-order valence-electron chi connectivity index (χ1n) is 4.47. The summed E-state index contributed by atoms with van der Waals surface area (Å²) in [5.74, 6) is 0.634. The Labute approximate surface area is 92.2 Å². The molecular formula is C11H9ClN2O. The molecule has 0 saturated heterocycles. The number of benzene rings is 1. The SMILES string of the molecule is COc1ccc2c(CC#N)c[nH]c2c1Cl. The van der Waals surface area contributed by atoms with Gasteiger partial charge >= 0.3 is 0 Å². The Morgan fingerprint density at radius 1 is 1.53 bits per heavy atom. The quantitative estimate of drug-likeness (QED) is 0.846. The van der Waals surface area contributed by atoms with Crippen LogP contribution in [-0.2, 0) is 6.42 Å². The number of rotatable bonds is 2. The molecule has 2 rings (SSSR count). The number of ether oxygens (including phenoxy) is 1. The van der Waals surface area contributed by atoms with Gasteiger partial charge in [0.05, 0.1) is 25.1 Å². The van der Waals surface area contributed by atoms with Gasteiger partial charge in [-0.05, 0) is 17.7 Å². The van der Waals surface area contributed by atoms with Gasteiger partial charge in [0, 0.05) is 11.6 Å². The first-order chi connectivity index (χ1) is 7.27. The largest absolute Gasteiger partial charge is 0.495 e. The van der Waals surface area contributed by atoms with Crippen molar-refractivity contribution in [2.45, 2.75) is 6.42 Å². The Morgan fingerprint density at radius 2 is 2.33 bits per heavy atom. The number of H-pyrrole nitrogens is 1. The molecule has 1 aromatic carbocycles. The number of aromatic amines is 1. The number of hydrogen-bond acceptors (Lipinski definition) is 2. The van der Waals surface area contributed by atoms with Crippen molar-refractivity contribution in [3.8, 4) is 11.8 Å². The van der Waals surface area contributed by atoms with E-state index in [0.29, 0.717) is 17.2 Å². The second-order valence-corrected chi connectivity index (χ2v) is 3.53. The molecule has 1 aromatic heterocycles. The van der Waals surface area contributed by atoms with Gasteiger partial charge in [0.15, 0.2) is 0 Å². The summed E-state index contributed by atoms with van der Waals surface area (Å²) in [5.41, 5.74) is 1.78. The van der Waals surface area contributed by atoms with Crippen LogP contribution in [0.15, 0.2) is 18.3 Å². The number of methoxy groups -OCH3 is 1. The minimum Gasteiger partial charge on any atom is -0.495 e. The van der Waals surface area contributed by atoms with Crippen LogP contribution in [0.3, 0.4) is 0 Å².